The molecular weight excluding hydrogens is 300 g/mol. The van der Waals surface area contributed by atoms with Crippen molar-refractivity contribution < 1.29 is 14.2 Å². The summed E-state index contributed by atoms with van der Waals surface area (Å²) in [6, 6.07) is 20.1. The Kier molecular flexibility index (Phi) is 5.47. The quantitative estimate of drug-likeness (QED) is 0.713. The minimum absolute atomic E-state index is 0.248. The van der Waals surface area contributed by atoms with Gasteiger partial charge in [-0.3, -0.25) is 0 Å². The summed E-state index contributed by atoms with van der Waals surface area (Å²) in [6.07, 6.45) is 0.935. The summed E-state index contributed by atoms with van der Waals surface area (Å²) in [6.45, 7) is 8.80. The molecule has 1 heterocycles. The number of rotatable bonds is 7. The van der Waals surface area contributed by atoms with Crippen LogP contribution in [0.25, 0.3) is 0 Å². The molecule has 3 heteroatoms. The predicted octanol–water partition coefficient (Wildman–Crippen LogP) is 4.26. The molecule has 0 unspecified atom stereocenters. The lowest BCUT2D eigenvalue weighted by Gasteiger charge is -2.21. The van der Waals surface area contributed by atoms with Gasteiger partial charge in [-0.25, -0.2) is 0 Å². The van der Waals surface area contributed by atoms with E-state index in [0.717, 1.165) is 11.1 Å². The second-order valence-electron chi connectivity index (χ2n) is 5.76. The monoisotopic (exact) mass is 322 g/mol. The van der Waals surface area contributed by atoms with Crippen LogP contribution in [0.1, 0.15) is 11.1 Å². The normalized spacial score (nSPS) is 23.0. The molecule has 0 aliphatic carbocycles. The minimum Gasteiger partial charge on any atom is -0.486 e. The highest BCUT2D eigenvalue weighted by atomic mass is 16.6. The number of hydrogen-bond donors (Lipinski definition) is 0. The van der Waals surface area contributed by atoms with E-state index < -0.39 is 0 Å². The third kappa shape index (κ3) is 3.94. The van der Waals surface area contributed by atoms with E-state index in [1.54, 1.807) is 6.08 Å². The number of ether oxygens (including phenoxy) is 3. The fraction of sp³-hybridized carbons (Fsp3) is 0.238. The van der Waals surface area contributed by atoms with Gasteiger partial charge in [-0.2, -0.15) is 0 Å². The Morgan fingerprint density at radius 1 is 0.875 bits per heavy atom. The van der Waals surface area contributed by atoms with Crippen LogP contribution in [0.4, 0.5) is 0 Å². The van der Waals surface area contributed by atoms with Crippen molar-refractivity contribution in [3.05, 3.63) is 96.8 Å². The maximum Gasteiger partial charge on any atom is 0.145 e. The molecule has 0 amide bonds. The van der Waals surface area contributed by atoms with Crippen LogP contribution >= 0.6 is 0 Å². The third-order valence-corrected chi connectivity index (χ3v) is 4.02. The second kappa shape index (κ2) is 7.95. The molecule has 0 saturated carbocycles. The fourth-order valence-corrected chi connectivity index (χ4v) is 2.74. The van der Waals surface area contributed by atoms with Crippen LogP contribution in [-0.2, 0) is 27.4 Å². The van der Waals surface area contributed by atoms with Gasteiger partial charge in [0.05, 0.1) is 13.2 Å². The van der Waals surface area contributed by atoms with Crippen LogP contribution in [0.3, 0.4) is 0 Å². The van der Waals surface area contributed by atoms with Crippen molar-refractivity contribution in [3.8, 4) is 0 Å². The fourth-order valence-electron chi connectivity index (χ4n) is 2.74. The van der Waals surface area contributed by atoms with Gasteiger partial charge in [0.15, 0.2) is 0 Å². The number of benzene rings is 2. The highest BCUT2D eigenvalue weighted by Crippen LogP contribution is 2.30. The summed E-state index contributed by atoms with van der Waals surface area (Å²) in [5, 5.41) is 0. The molecule has 1 saturated heterocycles. The second-order valence-corrected chi connectivity index (χ2v) is 5.76. The molecule has 3 atom stereocenters. The highest BCUT2D eigenvalue weighted by molar-refractivity contribution is 5.17. The molecule has 0 N–H and O–H groups in total. The van der Waals surface area contributed by atoms with Gasteiger partial charge in [0.2, 0.25) is 0 Å². The lowest BCUT2D eigenvalue weighted by atomic mass is 10.1. The lowest BCUT2D eigenvalue weighted by molar-refractivity contribution is -0.0633. The molecule has 1 fully saturated rings. The van der Waals surface area contributed by atoms with Crippen LogP contribution in [-0.4, -0.2) is 18.3 Å². The van der Waals surface area contributed by atoms with Crippen molar-refractivity contribution >= 4 is 0 Å². The molecule has 1 aliphatic heterocycles. The zero-order chi connectivity index (χ0) is 16.8. The summed E-state index contributed by atoms with van der Waals surface area (Å²) in [4.78, 5) is 0. The smallest absolute Gasteiger partial charge is 0.145 e. The molecule has 3 rings (SSSR count). The van der Waals surface area contributed by atoms with Crippen LogP contribution in [0.2, 0.25) is 0 Å². The van der Waals surface area contributed by atoms with Gasteiger partial charge >= 0.3 is 0 Å². The zero-order valence-corrected chi connectivity index (χ0v) is 13.6. The molecule has 0 radical (unpaired) electrons. The maximum atomic E-state index is 6.08. The Morgan fingerprint density at radius 2 is 1.42 bits per heavy atom. The van der Waals surface area contributed by atoms with Crippen molar-refractivity contribution in [1.82, 2.24) is 0 Å². The summed E-state index contributed by atoms with van der Waals surface area (Å²) < 4.78 is 17.9. The van der Waals surface area contributed by atoms with Gasteiger partial charge in [-0.15, -0.1) is 0 Å². The van der Waals surface area contributed by atoms with E-state index in [1.807, 2.05) is 60.7 Å². The lowest BCUT2D eigenvalue weighted by Crippen LogP contribution is -2.33. The largest absolute Gasteiger partial charge is 0.486 e. The van der Waals surface area contributed by atoms with Gasteiger partial charge < -0.3 is 14.2 Å². The highest BCUT2D eigenvalue weighted by Gasteiger charge is 2.41. The van der Waals surface area contributed by atoms with Crippen molar-refractivity contribution in [2.24, 2.45) is 0 Å². The van der Waals surface area contributed by atoms with Crippen molar-refractivity contribution in [1.29, 1.82) is 0 Å². The van der Waals surface area contributed by atoms with Crippen molar-refractivity contribution in [2.45, 2.75) is 31.5 Å². The van der Waals surface area contributed by atoms with E-state index in [2.05, 4.69) is 13.2 Å². The predicted molar refractivity (Wildman–Crippen MR) is 94.2 cm³/mol. The molecule has 124 valence electrons. The summed E-state index contributed by atoms with van der Waals surface area (Å²) in [5.74, 6) is 0.592. The van der Waals surface area contributed by atoms with Crippen LogP contribution in [0.5, 0.6) is 0 Å². The van der Waals surface area contributed by atoms with Crippen LogP contribution in [0.15, 0.2) is 85.7 Å². The molecule has 0 aromatic heterocycles. The molecule has 0 bridgehead atoms. The van der Waals surface area contributed by atoms with E-state index in [1.165, 1.54) is 0 Å². The summed E-state index contributed by atoms with van der Waals surface area (Å²) >= 11 is 0. The topological polar surface area (TPSA) is 27.7 Å². The molecule has 24 heavy (non-hydrogen) atoms. The average Bonchev–Trinajstić information content (AvgIpc) is 2.94. The Hall–Kier alpha value is -2.36. The first-order valence-electron chi connectivity index (χ1n) is 8.07. The van der Waals surface area contributed by atoms with E-state index in [4.69, 9.17) is 14.2 Å². The zero-order valence-electron chi connectivity index (χ0n) is 13.6. The van der Waals surface area contributed by atoms with Crippen LogP contribution < -0.4 is 0 Å². The van der Waals surface area contributed by atoms with Crippen molar-refractivity contribution in [2.75, 3.05) is 0 Å². The molecule has 2 aromatic carbocycles. The molecule has 3 nitrogen and oxygen atoms in total. The standard InChI is InChI=1S/C21H22O3/c1-3-19-21(23-15-18-12-8-5-9-13-18)20(16(2)24-19)22-14-17-10-6-4-7-11-17/h3-13,19-21H,1-2,14-15H2/t19-,20+,21+/m1/s1. The molecular formula is C21H22O3. The van der Waals surface area contributed by atoms with Gasteiger partial charge in [0.1, 0.15) is 24.1 Å². The molecule has 2 aromatic rings. The Balaban J connectivity index is 1.65. The van der Waals surface area contributed by atoms with Crippen LogP contribution in [0, 0.1) is 0 Å². The van der Waals surface area contributed by atoms with E-state index >= 15 is 0 Å². The van der Waals surface area contributed by atoms with E-state index in [0.29, 0.717) is 19.0 Å². The first-order chi connectivity index (χ1) is 11.8. The first kappa shape index (κ1) is 16.5. The Bertz CT molecular complexity index is 666. The number of hydrogen-bond acceptors (Lipinski definition) is 3. The Labute approximate surface area is 143 Å². The van der Waals surface area contributed by atoms with Crippen molar-refractivity contribution in [3.63, 3.8) is 0 Å². The SMILES string of the molecule is C=C[C@H]1OC(=C)[C@H](OCc2ccccc2)[C@H]1OCc1ccccc1. The molecule has 1 aliphatic rings. The first-order valence-corrected chi connectivity index (χ1v) is 8.07. The molecule has 0 spiro atoms. The summed E-state index contributed by atoms with van der Waals surface area (Å²) in [7, 11) is 0. The van der Waals surface area contributed by atoms with Gasteiger partial charge in [-0.1, -0.05) is 73.8 Å². The third-order valence-electron chi connectivity index (χ3n) is 4.02. The van der Waals surface area contributed by atoms with E-state index in [9.17, 15) is 0 Å². The average molecular weight is 322 g/mol. The van der Waals surface area contributed by atoms with Gasteiger partial charge in [-0.05, 0) is 17.2 Å². The Morgan fingerprint density at radius 3 is 1.96 bits per heavy atom. The maximum absolute atomic E-state index is 6.08. The van der Waals surface area contributed by atoms with E-state index in [-0.39, 0.29) is 18.3 Å². The summed E-state index contributed by atoms with van der Waals surface area (Å²) in [5.41, 5.74) is 2.22. The van der Waals surface area contributed by atoms with Gasteiger partial charge in [0.25, 0.3) is 0 Å². The van der Waals surface area contributed by atoms with Gasteiger partial charge in [0, 0.05) is 0 Å². The minimum atomic E-state index is -0.308.